The van der Waals surface area contributed by atoms with Gasteiger partial charge in [0.2, 0.25) is 0 Å². The largest absolute Gasteiger partial charge is 0.297 e. The van der Waals surface area contributed by atoms with Gasteiger partial charge in [-0.1, -0.05) is 0 Å². The third kappa shape index (κ3) is 2.93. The van der Waals surface area contributed by atoms with Crippen LogP contribution in [-0.2, 0) is 38.1 Å². The van der Waals surface area contributed by atoms with E-state index in [1.54, 1.807) is 10.7 Å². The minimum atomic E-state index is 0.0600. The van der Waals surface area contributed by atoms with Gasteiger partial charge in [-0.15, -0.1) is 0 Å². The van der Waals surface area contributed by atoms with E-state index in [-0.39, 0.29) is 5.56 Å². The number of hydrogen-bond donors (Lipinski definition) is 1. The number of likely N-dealkylation sites (tertiary alicyclic amines) is 1. The van der Waals surface area contributed by atoms with E-state index >= 15 is 0 Å². The summed E-state index contributed by atoms with van der Waals surface area (Å²) in [5.74, 6) is 2.57. The van der Waals surface area contributed by atoms with Gasteiger partial charge in [0.05, 0.1) is 17.9 Å². The lowest BCUT2D eigenvalue weighted by molar-refractivity contribution is 0.0749. The van der Waals surface area contributed by atoms with Crippen LogP contribution < -0.4 is 5.56 Å². The fourth-order valence-electron chi connectivity index (χ4n) is 4.28. The van der Waals surface area contributed by atoms with Crippen molar-refractivity contribution in [1.82, 2.24) is 24.9 Å². The average molecular weight is 357 g/mol. The topological polar surface area (TPSA) is 66.8 Å². The lowest BCUT2D eigenvalue weighted by atomic mass is 9.99. The van der Waals surface area contributed by atoms with Gasteiger partial charge in [-0.25, -0.2) is 4.68 Å². The predicted molar refractivity (Wildman–Crippen MR) is 97.7 cm³/mol. The number of thioether (sulfide) groups is 1. The molecular weight excluding hydrogens is 334 g/mol. The van der Waals surface area contributed by atoms with Gasteiger partial charge in [-0.3, -0.25) is 14.8 Å². The number of fused-ring (bicyclic) bond motifs is 2. The third-order valence-corrected chi connectivity index (χ3v) is 6.64. The van der Waals surface area contributed by atoms with Crippen molar-refractivity contribution in [2.75, 3.05) is 18.8 Å². The predicted octanol–water partition coefficient (Wildman–Crippen LogP) is 1.38. The summed E-state index contributed by atoms with van der Waals surface area (Å²) in [7, 11) is 0. The molecule has 0 radical (unpaired) electrons. The molecule has 1 fully saturated rings. The van der Waals surface area contributed by atoms with Crippen LogP contribution in [0.25, 0.3) is 0 Å². The van der Waals surface area contributed by atoms with E-state index in [4.69, 9.17) is 0 Å². The fourth-order valence-corrected chi connectivity index (χ4v) is 5.23. The van der Waals surface area contributed by atoms with Gasteiger partial charge < -0.3 is 0 Å². The quantitative estimate of drug-likeness (QED) is 0.895. The number of H-pyrrole nitrogens is 1. The highest BCUT2D eigenvalue weighted by Gasteiger charge is 2.30. The highest BCUT2D eigenvalue weighted by Crippen LogP contribution is 2.26. The monoisotopic (exact) mass is 357 g/mol. The maximum Gasteiger partial charge on any atom is 0.267 e. The Kier molecular flexibility index (Phi) is 3.93. The first-order valence-electron chi connectivity index (χ1n) is 9.21. The summed E-state index contributed by atoms with van der Waals surface area (Å²) in [6.07, 6.45) is 4.56. The van der Waals surface area contributed by atoms with E-state index in [9.17, 15) is 4.79 Å². The molecule has 0 unspecified atom stereocenters. The van der Waals surface area contributed by atoms with Crippen LogP contribution in [-0.4, -0.2) is 43.7 Å². The van der Waals surface area contributed by atoms with Gasteiger partial charge >= 0.3 is 0 Å². The number of nitrogens with one attached hydrogen (secondary N) is 1. The Labute approximate surface area is 151 Å². The average Bonchev–Trinajstić information content (AvgIpc) is 3.18. The van der Waals surface area contributed by atoms with E-state index in [0.29, 0.717) is 5.92 Å². The van der Waals surface area contributed by atoms with E-state index < -0.39 is 0 Å². The summed E-state index contributed by atoms with van der Waals surface area (Å²) in [6, 6.07) is 1.80. The number of rotatable bonds is 4. The summed E-state index contributed by atoms with van der Waals surface area (Å²) in [6.45, 7) is 3.74. The molecular formula is C18H23N5OS. The molecule has 7 heteroatoms. The SMILES string of the molecule is O=c1cc2c(nn1CC1CN(Cc3n[nH]c4c3CCC4)C1)CCSC2. The van der Waals surface area contributed by atoms with Crippen LogP contribution in [0.5, 0.6) is 0 Å². The lowest BCUT2D eigenvalue weighted by Crippen LogP contribution is -2.49. The molecule has 2 aromatic rings. The Morgan fingerprint density at radius 2 is 2.20 bits per heavy atom. The summed E-state index contributed by atoms with van der Waals surface area (Å²) >= 11 is 1.89. The summed E-state index contributed by atoms with van der Waals surface area (Å²) < 4.78 is 1.70. The minimum Gasteiger partial charge on any atom is -0.297 e. The number of aromatic amines is 1. The molecule has 0 spiro atoms. The maximum atomic E-state index is 12.3. The van der Waals surface area contributed by atoms with Gasteiger partial charge in [-0.2, -0.15) is 22.0 Å². The van der Waals surface area contributed by atoms with E-state index in [2.05, 4.69) is 20.2 Å². The highest BCUT2D eigenvalue weighted by molar-refractivity contribution is 7.98. The molecule has 0 aromatic carbocycles. The molecule has 0 saturated carbocycles. The van der Waals surface area contributed by atoms with Crippen LogP contribution in [0.3, 0.4) is 0 Å². The molecule has 1 saturated heterocycles. The maximum absolute atomic E-state index is 12.3. The van der Waals surface area contributed by atoms with Gasteiger partial charge in [0.1, 0.15) is 0 Å². The molecule has 1 aliphatic carbocycles. The molecule has 4 heterocycles. The Hall–Kier alpha value is -1.60. The Morgan fingerprint density at radius 1 is 1.28 bits per heavy atom. The van der Waals surface area contributed by atoms with Crippen LogP contribution in [0.15, 0.2) is 10.9 Å². The molecule has 0 atom stereocenters. The molecule has 25 heavy (non-hydrogen) atoms. The molecule has 1 N–H and O–H groups in total. The molecule has 3 aliphatic rings. The van der Waals surface area contributed by atoms with Crippen LogP contribution in [0.1, 0.15) is 34.6 Å². The van der Waals surface area contributed by atoms with E-state index in [1.807, 2.05) is 11.8 Å². The Morgan fingerprint density at radius 3 is 3.12 bits per heavy atom. The second kappa shape index (κ2) is 6.29. The second-order valence-corrected chi connectivity index (χ2v) is 8.59. The van der Waals surface area contributed by atoms with Crippen molar-refractivity contribution >= 4 is 11.8 Å². The van der Waals surface area contributed by atoms with Crippen molar-refractivity contribution in [2.45, 2.75) is 44.5 Å². The van der Waals surface area contributed by atoms with Crippen molar-refractivity contribution in [3.05, 3.63) is 44.6 Å². The Balaban J connectivity index is 1.21. The standard InChI is InChI=1S/C18H23N5OS/c24-18-6-13-11-25-5-4-15(13)21-23(18)9-12-7-22(8-12)10-17-14-2-1-3-16(14)19-20-17/h6,12H,1-5,7-11H2,(H,19,20). The smallest absolute Gasteiger partial charge is 0.267 e. The summed E-state index contributed by atoms with van der Waals surface area (Å²) in [5, 5.41) is 12.3. The zero-order valence-electron chi connectivity index (χ0n) is 14.3. The van der Waals surface area contributed by atoms with Crippen molar-refractivity contribution < 1.29 is 0 Å². The van der Waals surface area contributed by atoms with Crippen LogP contribution in [0, 0.1) is 5.92 Å². The van der Waals surface area contributed by atoms with Gasteiger partial charge in [0.25, 0.3) is 5.56 Å². The molecule has 2 aliphatic heterocycles. The van der Waals surface area contributed by atoms with E-state index in [1.165, 1.54) is 29.8 Å². The number of aryl methyl sites for hydroxylation is 2. The Bertz CT molecular complexity index is 852. The first-order valence-corrected chi connectivity index (χ1v) is 10.4. The van der Waals surface area contributed by atoms with Crippen molar-refractivity contribution in [3.63, 3.8) is 0 Å². The van der Waals surface area contributed by atoms with Gasteiger partial charge in [0, 0.05) is 49.5 Å². The molecule has 2 aromatic heterocycles. The fraction of sp³-hybridized carbons (Fsp3) is 0.611. The second-order valence-electron chi connectivity index (χ2n) is 7.48. The van der Waals surface area contributed by atoms with Crippen LogP contribution in [0.4, 0.5) is 0 Å². The zero-order chi connectivity index (χ0) is 16.8. The normalized spacial score (nSPS) is 20.3. The molecule has 0 amide bonds. The van der Waals surface area contributed by atoms with Crippen LogP contribution >= 0.6 is 11.8 Å². The van der Waals surface area contributed by atoms with Crippen molar-refractivity contribution in [2.24, 2.45) is 5.92 Å². The van der Waals surface area contributed by atoms with Crippen LogP contribution in [0.2, 0.25) is 0 Å². The highest BCUT2D eigenvalue weighted by atomic mass is 32.2. The zero-order valence-corrected chi connectivity index (χ0v) is 15.1. The molecule has 0 bridgehead atoms. The molecule has 5 rings (SSSR count). The van der Waals surface area contributed by atoms with Crippen molar-refractivity contribution in [3.8, 4) is 0 Å². The number of hydrogen-bond acceptors (Lipinski definition) is 5. The number of aromatic nitrogens is 4. The first kappa shape index (κ1) is 15.6. The number of nitrogens with zero attached hydrogens (tertiary/aromatic N) is 4. The van der Waals surface area contributed by atoms with E-state index in [0.717, 1.165) is 61.8 Å². The first-order chi connectivity index (χ1) is 12.3. The van der Waals surface area contributed by atoms with Gasteiger partial charge in [0.15, 0.2) is 0 Å². The van der Waals surface area contributed by atoms with Crippen molar-refractivity contribution in [1.29, 1.82) is 0 Å². The third-order valence-electron chi connectivity index (χ3n) is 5.63. The summed E-state index contributed by atoms with van der Waals surface area (Å²) in [5.41, 5.74) is 6.35. The summed E-state index contributed by atoms with van der Waals surface area (Å²) in [4.78, 5) is 14.7. The minimum absolute atomic E-state index is 0.0600. The molecule has 132 valence electrons. The molecule has 6 nitrogen and oxygen atoms in total. The van der Waals surface area contributed by atoms with Gasteiger partial charge in [-0.05, 0) is 36.1 Å². The lowest BCUT2D eigenvalue weighted by Gasteiger charge is -2.39.